The number of aryl methyl sites for hydroxylation is 1. The zero-order valence-corrected chi connectivity index (χ0v) is 19.6. The summed E-state index contributed by atoms with van der Waals surface area (Å²) in [5.41, 5.74) is 1.12. The lowest BCUT2D eigenvalue weighted by atomic mass is 10.1. The van der Waals surface area contributed by atoms with E-state index in [0.717, 1.165) is 30.7 Å². The van der Waals surface area contributed by atoms with Gasteiger partial charge in [-0.05, 0) is 50.1 Å². The van der Waals surface area contributed by atoms with E-state index in [1.165, 1.54) is 4.31 Å². The molecule has 2 saturated heterocycles. The highest BCUT2D eigenvalue weighted by Gasteiger charge is 2.29. The number of benzene rings is 1. The maximum Gasteiger partial charge on any atom is 0.256 e. The summed E-state index contributed by atoms with van der Waals surface area (Å²) in [6.07, 6.45) is 2.77. The second kappa shape index (κ2) is 9.64. The van der Waals surface area contributed by atoms with Crippen molar-refractivity contribution in [2.24, 2.45) is 0 Å². The summed E-state index contributed by atoms with van der Waals surface area (Å²) in [6.45, 7) is 5.66. The van der Waals surface area contributed by atoms with Crippen molar-refractivity contribution in [3.63, 3.8) is 0 Å². The molecule has 2 fully saturated rings. The Bertz CT molecular complexity index is 1050. The number of carbonyl (C=O) groups is 1. The first-order valence-corrected chi connectivity index (χ1v) is 12.6. The van der Waals surface area contributed by atoms with E-state index in [9.17, 15) is 13.2 Å². The van der Waals surface area contributed by atoms with Crippen molar-refractivity contribution in [2.45, 2.75) is 37.6 Å². The molecule has 0 saturated carbocycles. The Balaban J connectivity index is 1.67. The van der Waals surface area contributed by atoms with Crippen molar-refractivity contribution in [1.29, 1.82) is 0 Å². The summed E-state index contributed by atoms with van der Waals surface area (Å²) in [7, 11) is -1.94. The summed E-state index contributed by atoms with van der Waals surface area (Å²) in [5.74, 6) is 1.23. The first kappa shape index (κ1) is 22.8. The average Bonchev–Trinajstić information content (AvgIpc) is 3.23. The molecular weight excluding hydrogens is 430 g/mol. The van der Waals surface area contributed by atoms with Crippen LogP contribution in [0.3, 0.4) is 0 Å². The van der Waals surface area contributed by atoms with Crippen molar-refractivity contribution < 1.29 is 22.4 Å². The van der Waals surface area contributed by atoms with Gasteiger partial charge < -0.3 is 19.0 Å². The molecule has 174 valence electrons. The van der Waals surface area contributed by atoms with Crippen LogP contribution in [0.4, 0.5) is 5.69 Å². The molecule has 0 spiro atoms. The average molecular weight is 462 g/mol. The quantitative estimate of drug-likeness (QED) is 0.658. The molecule has 2 aliphatic rings. The molecule has 0 radical (unpaired) electrons. The fraction of sp³-hybridized carbons (Fsp3) is 0.522. The molecular formula is C23H31N3O5S. The zero-order valence-electron chi connectivity index (χ0n) is 18.7. The van der Waals surface area contributed by atoms with E-state index >= 15 is 0 Å². The third kappa shape index (κ3) is 4.84. The van der Waals surface area contributed by atoms with E-state index in [1.54, 1.807) is 30.1 Å². The van der Waals surface area contributed by atoms with Crippen LogP contribution in [-0.4, -0.2) is 70.0 Å². The minimum atomic E-state index is -3.65. The van der Waals surface area contributed by atoms with Gasteiger partial charge in [-0.15, -0.1) is 0 Å². The van der Waals surface area contributed by atoms with Gasteiger partial charge in [-0.25, -0.2) is 8.42 Å². The van der Waals surface area contributed by atoms with Crippen LogP contribution in [0.2, 0.25) is 0 Å². The minimum Gasteiger partial charge on any atom is -0.464 e. The number of nitrogens with zero attached hydrogens (tertiary/aromatic N) is 3. The molecule has 0 atom stereocenters. The summed E-state index contributed by atoms with van der Waals surface area (Å²) >= 11 is 0. The molecule has 0 N–H and O–H groups in total. The first-order valence-electron chi connectivity index (χ1n) is 11.1. The number of piperidine rings is 1. The maximum atomic E-state index is 13.5. The molecule has 1 aromatic carbocycles. The number of hydrogen-bond acceptors (Lipinski definition) is 6. The Hall–Kier alpha value is -2.36. The number of anilines is 1. The molecule has 0 unspecified atom stereocenters. The number of furan rings is 1. The van der Waals surface area contributed by atoms with Crippen LogP contribution in [0.15, 0.2) is 39.6 Å². The lowest BCUT2D eigenvalue weighted by Crippen LogP contribution is -2.38. The van der Waals surface area contributed by atoms with Gasteiger partial charge in [0.1, 0.15) is 11.5 Å². The molecule has 3 heterocycles. The molecule has 9 heteroatoms. The highest BCUT2D eigenvalue weighted by atomic mass is 32.2. The highest BCUT2D eigenvalue weighted by molar-refractivity contribution is 7.89. The molecule has 4 rings (SSSR count). The van der Waals surface area contributed by atoms with Crippen molar-refractivity contribution in [3.05, 3.63) is 47.4 Å². The maximum absolute atomic E-state index is 13.5. The third-order valence-corrected chi connectivity index (χ3v) is 7.93. The molecule has 2 aliphatic heterocycles. The smallest absolute Gasteiger partial charge is 0.256 e. The Morgan fingerprint density at radius 1 is 1.03 bits per heavy atom. The number of sulfonamides is 1. The zero-order chi connectivity index (χ0) is 22.7. The standard InChI is InChI=1S/C23H31N3O5S/c1-18-6-7-19(31-18)17-24(2)23(27)21-16-20(32(28,29)26-10-4-3-5-11-26)8-9-22(21)25-12-14-30-15-13-25/h6-9,16H,3-5,10-15,17H2,1-2H3. The number of hydrogen-bond donors (Lipinski definition) is 0. The van der Waals surface area contributed by atoms with Gasteiger partial charge in [0, 0.05) is 38.9 Å². The van der Waals surface area contributed by atoms with Crippen molar-refractivity contribution in [2.75, 3.05) is 51.3 Å². The van der Waals surface area contributed by atoms with E-state index in [2.05, 4.69) is 4.90 Å². The molecule has 2 aromatic rings. The minimum absolute atomic E-state index is 0.169. The number of carbonyl (C=O) groups excluding carboxylic acids is 1. The van der Waals surface area contributed by atoms with E-state index < -0.39 is 10.0 Å². The van der Waals surface area contributed by atoms with Gasteiger partial charge in [-0.3, -0.25) is 4.79 Å². The molecule has 1 aromatic heterocycles. The number of amides is 1. The van der Waals surface area contributed by atoms with Gasteiger partial charge in [0.15, 0.2) is 0 Å². The van der Waals surface area contributed by atoms with E-state index in [4.69, 9.17) is 9.15 Å². The Morgan fingerprint density at radius 3 is 2.41 bits per heavy atom. The van der Waals surface area contributed by atoms with Crippen LogP contribution in [-0.2, 0) is 21.3 Å². The molecule has 8 nitrogen and oxygen atoms in total. The van der Waals surface area contributed by atoms with E-state index in [0.29, 0.717) is 57.3 Å². The molecule has 1 amide bonds. The topological polar surface area (TPSA) is 83.3 Å². The Labute approximate surface area is 189 Å². The molecule has 0 aliphatic carbocycles. The highest BCUT2D eigenvalue weighted by Crippen LogP contribution is 2.29. The van der Waals surface area contributed by atoms with Crippen LogP contribution < -0.4 is 4.90 Å². The first-order chi connectivity index (χ1) is 15.4. The number of morpholine rings is 1. The van der Waals surface area contributed by atoms with Crippen LogP contribution in [0.25, 0.3) is 0 Å². The summed E-state index contributed by atoms with van der Waals surface area (Å²) < 4.78 is 39.1. The molecule has 32 heavy (non-hydrogen) atoms. The van der Waals surface area contributed by atoms with Gasteiger partial charge in [-0.2, -0.15) is 4.31 Å². The van der Waals surface area contributed by atoms with Gasteiger partial charge in [0.25, 0.3) is 5.91 Å². The summed E-state index contributed by atoms with van der Waals surface area (Å²) in [4.78, 5) is 17.3. The molecule has 0 bridgehead atoms. The summed E-state index contributed by atoms with van der Waals surface area (Å²) in [6, 6.07) is 8.64. The Morgan fingerprint density at radius 2 is 1.75 bits per heavy atom. The van der Waals surface area contributed by atoms with Gasteiger partial charge >= 0.3 is 0 Å². The van der Waals surface area contributed by atoms with Gasteiger partial charge in [0.2, 0.25) is 10.0 Å². The van der Waals surface area contributed by atoms with Gasteiger partial charge in [-0.1, -0.05) is 6.42 Å². The SMILES string of the molecule is Cc1ccc(CN(C)C(=O)c2cc(S(=O)(=O)N3CCCCC3)ccc2N2CCOCC2)o1. The second-order valence-electron chi connectivity index (χ2n) is 8.42. The number of rotatable bonds is 6. The van der Waals surface area contributed by atoms with E-state index in [-0.39, 0.29) is 10.8 Å². The van der Waals surface area contributed by atoms with Crippen molar-refractivity contribution in [1.82, 2.24) is 9.21 Å². The van der Waals surface area contributed by atoms with Crippen molar-refractivity contribution in [3.8, 4) is 0 Å². The van der Waals surface area contributed by atoms with Crippen LogP contribution in [0.5, 0.6) is 0 Å². The normalized spacial score (nSPS) is 18.0. The fourth-order valence-electron chi connectivity index (χ4n) is 4.26. The Kier molecular flexibility index (Phi) is 6.88. The third-order valence-electron chi connectivity index (χ3n) is 6.04. The fourth-order valence-corrected chi connectivity index (χ4v) is 5.81. The lowest BCUT2D eigenvalue weighted by Gasteiger charge is -2.32. The second-order valence-corrected chi connectivity index (χ2v) is 10.4. The van der Waals surface area contributed by atoms with Crippen LogP contribution in [0, 0.1) is 6.92 Å². The lowest BCUT2D eigenvalue weighted by molar-refractivity contribution is 0.0774. The predicted molar refractivity (Wildman–Crippen MR) is 121 cm³/mol. The van der Waals surface area contributed by atoms with Crippen LogP contribution in [0.1, 0.15) is 41.1 Å². The van der Waals surface area contributed by atoms with Gasteiger partial charge in [0.05, 0.1) is 30.2 Å². The van der Waals surface area contributed by atoms with Crippen LogP contribution >= 0.6 is 0 Å². The largest absolute Gasteiger partial charge is 0.464 e. The predicted octanol–water partition coefficient (Wildman–Crippen LogP) is 2.87. The summed E-state index contributed by atoms with van der Waals surface area (Å²) in [5, 5.41) is 0. The van der Waals surface area contributed by atoms with Crippen molar-refractivity contribution >= 4 is 21.6 Å². The van der Waals surface area contributed by atoms with E-state index in [1.807, 2.05) is 19.1 Å². The monoisotopic (exact) mass is 461 g/mol. The number of ether oxygens (including phenoxy) is 1.